The topological polar surface area (TPSA) is 59.3 Å². The molecule has 0 radical (unpaired) electrons. The molecule has 0 saturated carbocycles. The van der Waals surface area contributed by atoms with E-state index in [0.717, 1.165) is 30.3 Å². The Bertz CT molecular complexity index is 671. The third-order valence-corrected chi connectivity index (χ3v) is 3.92. The standard InChI is InChI=1S/C18H21NO3/c1-3-4-6-11-16-15(12-20)13(2)17(19(16)22)18(21)14-9-7-5-8-10-14/h5,7-10,12,22H,3-4,6,11H2,1-2H3. The summed E-state index contributed by atoms with van der Waals surface area (Å²) in [6.07, 6.45) is 4.26. The number of ketones is 1. The van der Waals surface area contributed by atoms with Gasteiger partial charge in [-0.2, -0.15) is 4.73 Å². The van der Waals surface area contributed by atoms with Gasteiger partial charge in [0.05, 0.1) is 5.69 Å². The number of aldehydes is 1. The number of rotatable bonds is 7. The van der Waals surface area contributed by atoms with E-state index in [9.17, 15) is 14.8 Å². The maximum atomic E-state index is 12.6. The zero-order chi connectivity index (χ0) is 16.1. The molecule has 22 heavy (non-hydrogen) atoms. The van der Waals surface area contributed by atoms with E-state index in [4.69, 9.17) is 0 Å². The van der Waals surface area contributed by atoms with Crippen molar-refractivity contribution in [1.82, 2.24) is 4.73 Å². The Hall–Kier alpha value is -2.36. The lowest BCUT2D eigenvalue weighted by Gasteiger charge is -2.06. The van der Waals surface area contributed by atoms with Crippen LogP contribution < -0.4 is 0 Å². The maximum absolute atomic E-state index is 12.6. The molecule has 1 heterocycles. The molecule has 0 saturated heterocycles. The van der Waals surface area contributed by atoms with Crippen LogP contribution in [-0.4, -0.2) is 22.0 Å². The predicted molar refractivity (Wildman–Crippen MR) is 84.8 cm³/mol. The fourth-order valence-electron chi connectivity index (χ4n) is 2.68. The summed E-state index contributed by atoms with van der Waals surface area (Å²) in [6, 6.07) is 8.78. The number of hydrogen-bond acceptors (Lipinski definition) is 3. The van der Waals surface area contributed by atoms with Crippen molar-refractivity contribution in [2.75, 3.05) is 0 Å². The van der Waals surface area contributed by atoms with Gasteiger partial charge in [0, 0.05) is 11.1 Å². The molecule has 0 atom stereocenters. The second-order valence-corrected chi connectivity index (χ2v) is 5.42. The summed E-state index contributed by atoms with van der Waals surface area (Å²) in [4.78, 5) is 24.0. The number of aromatic nitrogens is 1. The van der Waals surface area contributed by atoms with Gasteiger partial charge >= 0.3 is 0 Å². The van der Waals surface area contributed by atoms with Crippen molar-refractivity contribution in [2.45, 2.75) is 39.5 Å². The minimum Gasteiger partial charge on any atom is -0.428 e. The van der Waals surface area contributed by atoms with Gasteiger partial charge in [-0.3, -0.25) is 9.59 Å². The first-order valence-electron chi connectivity index (χ1n) is 7.60. The van der Waals surface area contributed by atoms with Gasteiger partial charge in [0.1, 0.15) is 5.69 Å². The molecule has 0 fully saturated rings. The van der Waals surface area contributed by atoms with Crippen LogP contribution in [-0.2, 0) is 6.42 Å². The smallest absolute Gasteiger partial charge is 0.213 e. The largest absolute Gasteiger partial charge is 0.428 e. The van der Waals surface area contributed by atoms with Crippen molar-refractivity contribution in [3.63, 3.8) is 0 Å². The molecule has 0 amide bonds. The quantitative estimate of drug-likeness (QED) is 0.366. The van der Waals surface area contributed by atoms with Gasteiger partial charge in [0.2, 0.25) is 5.78 Å². The molecule has 116 valence electrons. The molecule has 4 heteroatoms. The van der Waals surface area contributed by atoms with Gasteiger partial charge in [0.25, 0.3) is 0 Å². The highest BCUT2D eigenvalue weighted by Crippen LogP contribution is 2.24. The number of benzene rings is 1. The van der Waals surface area contributed by atoms with E-state index in [-0.39, 0.29) is 11.5 Å². The van der Waals surface area contributed by atoms with Crippen molar-refractivity contribution in [1.29, 1.82) is 0 Å². The van der Waals surface area contributed by atoms with Crippen molar-refractivity contribution in [3.8, 4) is 0 Å². The average molecular weight is 299 g/mol. The summed E-state index contributed by atoms with van der Waals surface area (Å²) < 4.78 is 0.907. The SMILES string of the molecule is CCCCCc1c(C=O)c(C)c(C(=O)c2ccccc2)n1O. The average Bonchev–Trinajstić information content (AvgIpc) is 2.78. The molecule has 0 unspecified atom stereocenters. The Morgan fingerprint density at radius 3 is 2.50 bits per heavy atom. The molecule has 0 aliphatic carbocycles. The Morgan fingerprint density at radius 1 is 1.23 bits per heavy atom. The van der Waals surface area contributed by atoms with Crippen LogP contribution in [0.25, 0.3) is 0 Å². The summed E-state index contributed by atoms with van der Waals surface area (Å²) in [5, 5.41) is 10.4. The zero-order valence-electron chi connectivity index (χ0n) is 13.0. The minimum atomic E-state index is -0.273. The third-order valence-electron chi connectivity index (χ3n) is 3.92. The third kappa shape index (κ3) is 2.96. The highest BCUT2D eigenvalue weighted by Gasteiger charge is 2.24. The maximum Gasteiger partial charge on any atom is 0.213 e. The molecule has 0 spiro atoms. The van der Waals surface area contributed by atoms with Crippen LogP contribution in [0.3, 0.4) is 0 Å². The van der Waals surface area contributed by atoms with E-state index < -0.39 is 0 Å². The molecular weight excluding hydrogens is 278 g/mol. The fourth-order valence-corrected chi connectivity index (χ4v) is 2.68. The van der Waals surface area contributed by atoms with Crippen LogP contribution in [0, 0.1) is 6.92 Å². The van der Waals surface area contributed by atoms with Gasteiger partial charge in [-0.1, -0.05) is 50.1 Å². The number of unbranched alkanes of at least 4 members (excludes halogenated alkanes) is 2. The van der Waals surface area contributed by atoms with Crippen molar-refractivity contribution < 1.29 is 14.8 Å². The first-order valence-corrected chi connectivity index (χ1v) is 7.60. The van der Waals surface area contributed by atoms with Gasteiger partial charge in [0.15, 0.2) is 6.29 Å². The molecule has 1 aromatic heterocycles. The lowest BCUT2D eigenvalue weighted by Crippen LogP contribution is -2.11. The Labute approximate surface area is 130 Å². The van der Waals surface area contributed by atoms with Crippen LogP contribution in [0.2, 0.25) is 0 Å². The van der Waals surface area contributed by atoms with Crippen molar-refractivity contribution >= 4 is 12.1 Å². The van der Waals surface area contributed by atoms with E-state index in [2.05, 4.69) is 6.92 Å². The van der Waals surface area contributed by atoms with Crippen LogP contribution in [0.5, 0.6) is 0 Å². The fraction of sp³-hybridized carbons (Fsp3) is 0.333. The normalized spacial score (nSPS) is 10.6. The lowest BCUT2D eigenvalue weighted by atomic mass is 10.0. The summed E-state index contributed by atoms with van der Waals surface area (Å²) in [7, 11) is 0. The van der Waals surface area contributed by atoms with Crippen LogP contribution in [0.15, 0.2) is 30.3 Å². The summed E-state index contributed by atoms with van der Waals surface area (Å²) >= 11 is 0. The summed E-state index contributed by atoms with van der Waals surface area (Å²) in [5.41, 5.74) is 2.17. The summed E-state index contributed by atoms with van der Waals surface area (Å²) in [6.45, 7) is 3.80. The van der Waals surface area contributed by atoms with E-state index in [0.29, 0.717) is 28.8 Å². The van der Waals surface area contributed by atoms with Crippen LogP contribution >= 0.6 is 0 Å². The first kappa shape index (κ1) is 16.0. The molecule has 2 rings (SSSR count). The van der Waals surface area contributed by atoms with Crippen LogP contribution in [0.4, 0.5) is 0 Å². The number of carbonyl (C=O) groups is 2. The number of carbonyl (C=O) groups excluding carboxylic acids is 2. The number of hydrogen-bond donors (Lipinski definition) is 1. The second-order valence-electron chi connectivity index (χ2n) is 5.42. The van der Waals surface area contributed by atoms with E-state index in [1.807, 2.05) is 6.07 Å². The molecule has 0 aliphatic rings. The Balaban J connectivity index is 2.44. The van der Waals surface area contributed by atoms with Crippen molar-refractivity contribution in [2.24, 2.45) is 0 Å². The van der Waals surface area contributed by atoms with Gasteiger partial charge in [-0.25, -0.2) is 0 Å². The highest BCUT2D eigenvalue weighted by atomic mass is 16.5. The second kappa shape index (κ2) is 7.07. The molecule has 1 aromatic carbocycles. The first-order chi connectivity index (χ1) is 10.6. The van der Waals surface area contributed by atoms with Crippen LogP contribution in [0.1, 0.15) is 63.9 Å². The molecule has 4 nitrogen and oxygen atoms in total. The van der Waals surface area contributed by atoms with Gasteiger partial charge in [-0.15, -0.1) is 0 Å². The van der Waals surface area contributed by atoms with Crippen molar-refractivity contribution in [3.05, 3.63) is 58.4 Å². The van der Waals surface area contributed by atoms with E-state index in [1.165, 1.54) is 0 Å². The van der Waals surface area contributed by atoms with Gasteiger partial charge < -0.3 is 5.21 Å². The predicted octanol–water partition coefficient (Wildman–Crippen LogP) is 3.81. The zero-order valence-corrected chi connectivity index (χ0v) is 13.0. The van der Waals surface area contributed by atoms with E-state index in [1.54, 1.807) is 31.2 Å². The molecule has 0 aliphatic heterocycles. The molecular formula is C18H21NO3. The molecule has 0 bridgehead atoms. The Morgan fingerprint density at radius 2 is 1.91 bits per heavy atom. The molecule has 2 aromatic rings. The molecule has 1 N–H and O–H groups in total. The minimum absolute atomic E-state index is 0.180. The van der Waals surface area contributed by atoms with E-state index >= 15 is 0 Å². The monoisotopic (exact) mass is 299 g/mol. The summed E-state index contributed by atoms with van der Waals surface area (Å²) in [5.74, 6) is -0.273. The van der Waals surface area contributed by atoms with Gasteiger partial charge in [-0.05, 0) is 25.3 Å². The number of nitrogens with zero attached hydrogens (tertiary/aromatic N) is 1. The lowest BCUT2D eigenvalue weighted by molar-refractivity contribution is 0.0976. The Kier molecular flexibility index (Phi) is 5.15. The highest BCUT2D eigenvalue weighted by molar-refractivity contribution is 6.10.